The molecule has 4 nitrogen and oxygen atoms in total. The number of carbonyl (C=O) groups excluding carboxylic acids is 1. The van der Waals surface area contributed by atoms with E-state index in [1.54, 1.807) is 24.6 Å². The second-order valence-electron chi connectivity index (χ2n) is 4.87. The molecule has 0 aromatic carbocycles. The number of thiazole rings is 1. The predicted octanol–water partition coefficient (Wildman–Crippen LogP) is 1.87. The zero-order valence-electron chi connectivity index (χ0n) is 11.4. The van der Waals surface area contributed by atoms with Gasteiger partial charge >= 0.3 is 0 Å². The fraction of sp³-hybridized carbons (Fsp3) is 0.667. The van der Waals surface area contributed by atoms with Crippen molar-refractivity contribution in [2.45, 2.75) is 31.7 Å². The maximum atomic E-state index is 13.0. The van der Waals surface area contributed by atoms with Crippen LogP contribution in [0, 0.1) is 6.92 Å². The smallest absolute Gasteiger partial charge is 0.262 e. The van der Waals surface area contributed by atoms with Crippen molar-refractivity contribution in [3.63, 3.8) is 0 Å². The summed E-state index contributed by atoms with van der Waals surface area (Å²) in [7, 11) is 1.64. The molecular formula is C12H18ClF2N3OS. The molecule has 1 amide bonds. The molecule has 0 spiro atoms. The van der Waals surface area contributed by atoms with Gasteiger partial charge in [-0.1, -0.05) is 0 Å². The van der Waals surface area contributed by atoms with Crippen molar-refractivity contribution in [2.75, 3.05) is 20.1 Å². The monoisotopic (exact) mass is 325 g/mol. The molecule has 0 saturated carbocycles. The second kappa shape index (κ2) is 6.78. The van der Waals surface area contributed by atoms with E-state index in [0.717, 1.165) is 9.88 Å². The number of rotatable bonds is 4. The predicted molar refractivity (Wildman–Crippen MR) is 76.8 cm³/mol. The summed E-state index contributed by atoms with van der Waals surface area (Å²) < 4.78 is 26.1. The Morgan fingerprint density at radius 2 is 2.35 bits per heavy atom. The van der Waals surface area contributed by atoms with E-state index in [2.05, 4.69) is 10.3 Å². The van der Waals surface area contributed by atoms with E-state index < -0.39 is 24.9 Å². The van der Waals surface area contributed by atoms with Gasteiger partial charge in [0.2, 0.25) is 5.91 Å². The quantitative estimate of drug-likeness (QED) is 0.919. The van der Waals surface area contributed by atoms with E-state index in [1.807, 2.05) is 6.92 Å². The van der Waals surface area contributed by atoms with Gasteiger partial charge in [0.15, 0.2) is 0 Å². The minimum absolute atomic E-state index is 0. The van der Waals surface area contributed by atoms with Crippen LogP contribution in [0.15, 0.2) is 6.20 Å². The van der Waals surface area contributed by atoms with Gasteiger partial charge in [0.05, 0.1) is 17.6 Å². The number of aromatic nitrogens is 1. The van der Waals surface area contributed by atoms with Crippen LogP contribution in [0.1, 0.15) is 16.3 Å². The van der Waals surface area contributed by atoms with Crippen molar-refractivity contribution in [1.82, 2.24) is 15.2 Å². The summed E-state index contributed by atoms with van der Waals surface area (Å²) in [6.45, 7) is 2.05. The number of halogens is 3. The molecule has 1 aliphatic rings. The first kappa shape index (κ1) is 17.3. The van der Waals surface area contributed by atoms with Gasteiger partial charge in [-0.3, -0.25) is 10.1 Å². The molecule has 114 valence electrons. The lowest BCUT2D eigenvalue weighted by Crippen LogP contribution is -2.42. The third-order valence-electron chi connectivity index (χ3n) is 3.11. The molecular weight excluding hydrogens is 308 g/mol. The second-order valence-corrected chi connectivity index (χ2v) is 6.19. The van der Waals surface area contributed by atoms with Crippen LogP contribution in [-0.2, 0) is 11.2 Å². The third kappa shape index (κ3) is 4.36. The zero-order valence-corrected chi connectivity index (χ0v) is 13.0. The van der Waals surface area contributed by atoms with E-state index >= 15 is 0 Å². The highest BCUT2D eigenvalue weighted by Crippen LogP contribution is 2.25. The molecule has 1 fully saturated rings. The topological polar surface area (TPSA) is 45.2 Å². The number of hydrogen-bond donors (Lipinski definition) is 1. The van der Waals surface area contributed by atoms with Crippen LogP contribution in [0.5, 0.6) is 0 Å². The van der Waals surface area contributed by atoms with Gasteiger partial charge in [0.1, 0.15) is 0 Å². The summed E-state index contributed by atoms with van der Waals surface area (Å²) >= 11 is 1.59. The Bertz CT molecular complexity index is 469. The zero-order chi connectivity index (χ0) is 14.0. The highest BCUT2D eigenvalue weighted by molar-refractivity contribution is 7.11. The number of likely N-dealkylation sites (N-methyl/N-ethyl adjacent to an activating group) is 1. The molecule has 8 heteroatoms. The standard InChI is InChI=1S/C12H17F2N3OS.ClH/c1-8-6-15-10(19-8)3-4-17(2)11(18)9-5-12(13,14)7-16-9;/h6,9,16H,3-5,7H2,1-2H3;1H. The van der Waals surface area contributed by atoms with E-state index in [4.69, 9.17) is 0 Å². The van der Waals surface area contributed by atoms with Crippen LogP contribution in [0.25, 0.3) is 0 Å². The van der Waals surface area contributed by atoms with Crippen LogP contribution in [0.2, 0.25) is 0 Å². The Hall–Kier alpha value is -0.790. The molecule has 0 aliphatic carbocycles. The summed E-state index contributed by atoms with van der Waals surface area (Å²) in [5.41, 5.74) is 0. The van der Waals surface area contributed by atoms with Crippen LogP contribution in [-0.4, -0.2) is 47.9 Å². The van der Waals surface area contributed by atoms with Gasteiger partial charge in [0, 0.05) is 37.5 Å². The van der Waals surface area contributed by atoms with Crippen LogP contribution in [0.3, 0.4) is 0 Å². The number of alkyl halides is 2. The van der Waals surface area contributed by atoms with Crippen molar-refractivity contribution in [1.29, 1.82) is 0 Å². The Balaban J connectivity index is 0.00000200. The first-order valence-electron chi connectivity index (χ1n) is 6.15. The van der Waals surface area contributed by atoms with Crippen LogP contribution < -0.4 is 5.32 Å². The van der Waals surface area contributed by atoms with E-state index in [0.29, 0.717) is 13.0 Å². The maximum absolute atomic E-state index is 13.0. The minimum Gasteiger partial charge on any atom is -0.344 e. The van der Waals surface area contributed by atoms with Crippen molar-refractivity contribution in [3.8, 4) is 0 Å². The van der Waals surface area contributed by atoms with Gasteiger partial charge in [-0.2, -0.15) is 0 Å². The first-order valence-corrected chi connectivity index (χ1v) is 6.96. The summed E-state index contributed by atoms with van der Waals surface area (Å²) in [6.07, 6.45) is 2.04. The number of nitrogens with zero attached hydrogens (tertiary/aromatic N) is 2. The van der Waals surface area contributed by atoms with Crippen molar-refractivity contribution in [2.24, 2.45) is 0 Å². The summed E-state index contributed by atoms with van der Waals surface area (Å²) in [5.74, 6) is -3.04. The lowest BCUT2D eigenvalue weighted by atomic mass is 10.1. The lowest BCUT2D eigenvalue weighted by molar-refractivity contribution is -0.132. The number of carbonyl (C=O) groups is 1. The van der Waals surface area contributed by atoms with Gasteiger partial charge in [-0.25, -0.2) is 13.8 Å². The average molecular weight is 326 g/mol. The van der Waals surface area contributed by atoms with Crippen LogP contribution >= 0.6 is 23.7 Å². The molecule has 20 heavy (non-hydrogen) atoms. The van der Waals surface area contributed by atoms with Crippen LogP contribution in [0.4, 0.5) is 8.78 Å². The molecule has 2 heterocycles. The molecule has 1 aliphatic heterocycles. The van der Waals surface area contributed by atoms with E-state index in [9.17, 15) is 13.6 Å². The minimum atomic E-state index is -2.77. The fourth-order valence-electron chi connectivity index (χ4n) is 2.05. The maximum Gasteiger partial charge on any atom is 0.262 e. The Kier molecular flexibility index (Phi) is 5.85. The van der Waals surface area contributed by atoms with Gasteiger partial charge < -0.3 is 4.90 Å². The highest BCUT2D eigenvalue weighted by Gasteiger charge is 2.43. The molecule has 0 bridgehead atoms. The largest absolute Gasteiger partial charge is 0.344 e. The SMILES string of the molecule is Cc1cnc(CCN(C)C(=O)C2CC(F)(F)CN2)s1.Cl. The highest BCUT2D eigenvalue weighted by atomic mass is 35.5. The number of aryl methyl sites for hydroxylation is 1. The Morgan fingerprint density at radius 3 is 2.85 bits per heavy atom. The Morgan fingerprint density at radius 1 is 1.65 bits per heavy atom. The average Bonchev–Trinajstić information content (AvgIpc) is 2.91. The molecule has 2 rings (SSSR count). The molecule has 1 aromatic rings. The number of hydrogen-bond acceptors (Lipinski definition) is 4. The summed E-state index contributed by atoms with van der Waals surface area (Å²) in [4.78, 5) is 18.8. The van der Waals surface area contributed by atoms with E-state index in [-0.39, 0.29) is 18.3 Å². The first-order chi connectivity index (χ1) is 8.87. The van der Waals surface area contributed by atoms with Crippen molar-refractivity contribution < 1.29 is 13.6 Å². The molecule has 1 atom stereocenters. The summed E-state index contributed by atoms with van der Waals surface area (Å²) in [5, 5.41) is 3.54. The van der Waals surface area contributed by atoms with Crippen molar-refractivity contribution >= 4 is 29.7 Å². The lowest BCUT2D eigenvalue weighted by Gasteiger charge is -2.20. The summed E-state index contributed by atoms with van der Waals surface area (Å²) in [6, 6.07) is -0.766. The van der Waals surface area contributed by atoms with Crippen molar-refractivity contribution in [3.05, 3.63) is 16.1 Å². The Labute approximate surface area is 127 Å². The van der Waals surface area contributed by atoms with Gasteiger partial charge in [-0.05, 0) is 6.92 Å². The number of nitrogens with one attached hydrogen (secondary N) is 1. The molecule has 1 unspecified atom stereocenters. The molecule has 1 aromatic heterocycles. The molecule has 1 N–H and O–H groups in total. The normalized spacial score (nSPS) is 20.5. The van der Waals surface area contributed by atoms with Gasteiger partial charge in [0.25, 0.3) is 5.92 Å². The van der Waals surface area contributed by atoms with E-state index in [1.165, 1.54) is 4.90 Å². The third-order valence-corrected chi connectivity index (χ3v) is 4.09. The molecule has 1 saturated heterocycles. The fourth-order valence-corrected chi connectivity index (χ4v) is 2.82. The number of amides is 1. The van der Waals surface area contributed by atoms with Gasteiger partial charge in [-0.15, -0.1) is 23.7 Å². The molecule has 0 radical (unpaired) electrons.